The molecule has 152 valence electrons. The van der Waals surface area contributed by atoms with Crippen molar-refractivity contribution in [2.45, 2.75) is 6.92 Å². The molecule has 0 saturated heterocycles. The molecule has 0 unspecified atom stereocenters. The zero-order valence-corrected chi connectivity index (χ0v) is 16.1. The Morgan fingerprint density at radius 2 is 1.76 bits per heavy atom. The molecule has 2 amide bonds. The minimum atomic E-state index is -0.706. The highest BCUT2D eigenvalue weighted by atomic mass is 16.5. The minimum absolute atomic E-state index is 0.388. The number of hydrogen-bond donors (Lipinski definition) is 2. The van der Waals surface area contributed by atoms with Crippen LogP contribution in [0.1, 0.15) is 22.8 Å². The summed E-state index contributed by atoms with van der Waals surface area (Å²) in [6.07, 6.45) is 2.71. The number of carbonyl (C=O) groups excluding carboxylic acids is 3. The molecule has 0 aliphatic carbocycles. The molecule has 0 spiro atoms. The summed E-state index contributed by atoms with van der Waals surface area (Å²) in [5, 5.41) is 0. The van der Waals surface area contributed by atoms with Crippen molar-refractivity contribution >= 4 is 23.9 Å². The fraction of sp³-hybridized carbons (Fsp3) is 0.190. The van der Waals surface area contributed by atoms with Crippen molar-refractivity contribution in [1.82, 2.24) is 10.9 Å². The van der Waals surface area contributed by atoms with E-state index in [1.54, 1.807) is 48.5 Å². The molecule has 2 N–H and O–H groups in total. The van der Waals surface area contributed by atoms with Crippen molar-refractivity contribution < 1.29 is 28.6 Å². The van der Waals surface area contributed by atoms with Crippen LogP contribution >= 0.6 is 0 Å². The van der Waals surface area contributed by atoms with Gasteiger partial charge in [-0.15, -0.1) is 0 Å². The van der Waals surface area contributed by atoms with Crippen LogP contribution in [-0.2, 0) is 14.3 Å². The minimum Gasteiger partial charge on any atom is -0.493 e. The predicted octanol–water partition coefficient (Wildman–Crippen LogP) is 2.11. The van der Waals surface area contributed by atoms with Gasteiger partial charge in [-0.1, -0.05) is 24.3 Å². The van der Waals surface area contributed by atoms with Gasteiger partial charge in [0.1, 0.15) is 0 Å². The lowest BCUT2D eigenvalue weighted by atomic mass is 10.2. The molecule has 29 heavy (non-hydrogen) atoms. The molecule has 2 aromatic carbocycles. The number of ether oxygens (including phenoxy) is 3. The normalized spacial score (nSPS) is 10.3. The van der Waals surface area contributed by atoms with Crippen molar-refractivity contribution in [2.75, 3.05) is 20.3 Å². The molecular formula is C21H22N2O6. The molecular weight excluding hydrogens is 376 g/mol. The lowest BCUT2D eigenvalue weighted by molar-refractivity contribution is -0.144. The topological polar surface area (TPSA) is 103 Å². The maximum atomic E-state index is 11.8. The first-order valence-corrected chi connectivity index (χ1v) is 8.83. The Labute approximate surface area is 168 Å². The van der Waals surface area contributed by atoms with Gasteiger partial charge in [0, 0.05) is 11.6 Å². The van der Waals surface area contributed by atoms with E-state index >= 15 is 0 Å². The molecule has 0 saturated carbocycles. The third kappa shape index (κ3) is 7.02. The zero-order valence-electron chi connectivity index (χ0n) is 16.1. The van der Waals surface area contributed by atoms with E-state index in [1.807, 2.05) is 6.92 Å². The van der Waals surface area contributed by atoms with Crippen molar-refractivity contribution in [2.24, 2.45) is 0 Å². The number of benzene rings is 2. The lowest BCUT2D eigenvalue weighted by Gasteiger charge is -2.09. The van der Waals surface area contributed by atoms with Crippen LogP contribution in [0.25, 0.3) is 6.08 Å². The quantitative estimate of drug-likeness (QED) is 0.401. The van der Waals surface area contributed by atoms with Crippen molar-refractivity contribution in [3.05, 3.63) is 65.7 Å². The largest absolute Gasteiger partial charge is 0.493 e. The van der Waals surface area contributed by atoms with E-state index in [1.165, 1.54) is 19.3 Å². The van der Waals surface area contributed by atoms with Crippen LogP contribution in [0.15, 0.2) is 54.6 Å². The summed E-state index contributed by atoms with van der Waals surface area (Å²) in [7, 11) is 1.52. The molecule has 0 bridgehead atoms. The summed E-state index contributed by atoms with van der Waals surface area (Å²) in [6.45, 7) is 1.84. The smallest absolute Gasteiger partial charge is 0.331 e. The summed E-state index contributed by atoms with van der Waals surface area (Å²) in [5.41, 5.74) is 5.49. The van der Waals surface area contributed by atoms with E-state index in [-0.39, 0.29) is 0 Å². The van der Waals surface area contributed by atoms with Crippen LogP contribution in [0.4, 0.5) is 0 Å². The Morgan fingerprint density at radius 3 is 2.45 bits per heavy atom. The summed E-state index contributed by atoms with van der Waals surface area (Å²) >= 11 is 0. The number of esters is 1. The predicted molar refractivity (Wildman–Crippen MR) is 106 cm³/mol. The van der Waals surface area contributed by atoms with Gasteiger partial charge in [-0.05, 0) is 42.8 Å². The highest BCUT2D eigenvalue weighted by Gasteiger charge is 2.09. The van der Waals surface area contributed by atoms with Gasteiger partial charge >= 0.3 is 5.97 Å². The highest BCUT2D eigenvalue weighted by molar-refractivity contribution is 5.95. The molecule has 2 aromatic rings. The van der Waals surface area contributed by atoms with E-state index in [9.17, 15) is 14.4 Å². The van der Waals surface area contributed by atoms with Crippen molar-refractivity contribution in [3.63, 3.8) is 0 Å². The number of carbonyl (C=O) groups is 3. The van der Waals surface area contributed by atoms with Crippen molar-refractivity contribution in [3.8, 4) is 11.5 Å². The third-order valence-electron chi connectivity index (χ3n) is 3.60. The molecule has 0 aromatic heterocycles. The van der Waals surface area contributed by atoms with Crippen LogP contribution in [-0.4, -0.2) is 38.1 Å². The summed E-state index contributed by atoms with van der Waals surface area (Å²) in [6, 6.07) is 13.6. The summed E-state index contributed by atoms with van der Waals surface area (Å²) < 4.78 is 15.5. The number of methoxy groups -OCH3 is 1. The highest BCUT2D eigenvalue weighted by Crippen LogP contribution is 2.28. The summed E-state index contributed by atoms with van der Waals surface area (Å²) in [5.74, 6) is -0.712. The van der Waals surface area contributed by atoms with Gasteiger partial charge in [0.25, 0.3) is 11.8 Å². The fourth-order valence-electron chi connectivity index (χ4n) is 2.24. The number of hydrazine groups is 1. The van der Waals surface area contributed by atoms with Gasteiger partial charge in [0.05, 0.1) is 13.7 Å². The Bertz CT molecular complexity index is 880. The number of amides is 2. The second kappa shape index (κ2) is 11.1. The summed E-state index contributed by atoms with van der Waals surface area (Å²) in [4.78, 5) is 35.3. The second-order valence-electron chi connectivity index (χ2n) is 5.65. The zero-order chi connectivity index (χ0) is 21.1. The number of nitrogens with one attached hydrogen (secondary N) is 2. The molecule has 8 nitrogen and oxygen atoms in total. The fourth-order valence-corrected chi connectivity index (χ4v) is 2.24. The van der Waals surface area contributed by atoms with E-state index in [4.69, 9.17) is 14.2 Å². The molecule has 2 rings (SSSR count). The Balaban J connectivity index is 1.78. The standard InChI is InChI=1S/C21H22N2O6/c1-3-28-17-11-9-15(13-18(17)27-2)10-12-20(25)29-14-19(24)22-23-21(26)16-7-5-4-6-8-16/h4-13H,3,14H2,1-2H3,(H,22,24)(H,23,26)/b12-10+. The number of rotatable bonds is 8. The molecule has 8 heteroatoms. The van der Waals surface area contributed by atoms with Crippen LogP contribution in [0.3, 0.4) is 0 Å². The third-order valence-corrected chi connectivity index (χ3v) is 3.60. The Morgan fingerprint density at radius 1 is 1.00 bits per heavy atom. The first kappa shape index (κ1) is 21.5. The molecule has 0 fully saturated rings. The SMILES string of the molecule is CCOc1ccc(/C=C/C(=O)OCC(=O)NNC(=O)c2ccccc2)cc1OC. The average Bonchev–Trinajstić information content (AvgIpc) is 2.76. The van der Waals surface area contributed by atoms with Gasteiger partial charge in [-0.2, -0.15) is 0 Å². The van der Waals surface area contributed by atoms with E-state index in [0.717, 1.165) is 0 Å². The van der Waals surface area contributed by atoms with Crippen LogP contribution in [0.5, 0.6) is 11.5 Å². The Hall–Kier alpha value is -3.81. The monoisotopic (exact) mass is 398 g/mol. The lowest BCUT2D eigenvalue weighted by Crippen LogP contribution is -2.43. The molecule has 0 heterocycles. The van der Waals surface area contributed by atoms with Gasteiger partial charge in [-0.3, -0.25) is 20.4 Å². The van der Waals surface area contributed by atoms with Gasteiger partial charge in [-0.25, -0.2) is 4.79 Å². The molecule has 0 aliphatic heterocycles. The van der Waals surface area contributed by atoms with Gasteiger partial charge in [0.15, 0.2) is 18.1 Å². The Kier molecular flexibility index (Phi) is 8.25. The van der Waals surface area contributed by atoms with E-state index in [2.05, 4.69) is 10.9 Å². The maximum Gasteiger partial charge on any atom is 0.331 e. The van der Waals surface area contributed by atoms with Gasteiger partial charge < -0.3 is 14.2 Å². The number of hydrogen-bond acceptors (Lipinski definition) is 6. The molecule has 0 radical (unpaired) electrons. The first-order chi connectivity index (χ1) is 14.0. The molecule has 0 atom stereocenters. The maximum absolute atomic E-state index is 11.8. The van der Waals surface area contributed by atoms with Crippen LogP contribution < -0.4 is 20.3 Å². The second-order valence-corrected chi connectivity index (χ2v) is 5.65. The average molecular weight is 398 g/mol. The van der Waals surface area contributed by atoms with Crippen LogP contribution in [0.2, 0.25) is 0 Å². The van der Waals surface area contributed by atoms with E-state index < -0.39 is 24.4 Å². The molecule has 0 aliphatic rings. The van der Waals surface area contributed by atoms with E-state index in [0.29, 0.717) is 29.2 Å². The van der Waals surface area contributed by atoms with Crippen molar-refractivity contribution in [1.29, 1.82) is 0 Å². The van der Waals surface area contributed by atoms with Gasteiger partial charge in [0.2, 0.25) is 0 Å². The van der Waals surface area contributed by atoms with Crippen LogP contribution in [0, 0.1) is 0 Å². The first-order valence-electron chi connectivity index (χ1n) is 8.83.